The summed E-state index contributed by atoms with van der Waals surface area (Å²) in [5.41, 5.74) is 3.15. The van der Waals surface area contributed by atoms with Crippen molar-refractivity contribution in [3.8, 4) is 17.2 Å². The number of nitrogens with zero attached hydrogens (tertiary/aromatic N) is 2. The minimum Gasteiger partial charge on any atom is -0.493 e. The zero-order chi connectivity index (χ0) is 19.8. The molecular formula is C18H19N3O6. The van der Waals surface area contributed by atoms with Crippen LogP contribution in [-0.4, -0.2) is 38.4 Å². The molecule has 0 aliphatic heterocycles. The summed E-state index contributed by atoms with van der Waals surface area (Å²) in [7, 11) is 4.48. The Labute approximate surface area is 155 Å². The van der Waals surface area contributed by atoms with Crippen LogP contribution in [0.4, 0.5) is 5.69 Å². The van der Waals surface area contributed by atoms with Gasteiger partial charge < -0.3 is 14.2 Å². The van der Waals surface area contributed by atoms with E-state index in [-0.39, 0.29) is 12.1 Å². The number of nitro groups is 1. The molecule has 0 radical (unpaired) electrons. The van der Waals surface area contributed by atoms with E-state index in [0.29, 0.717) is 28.4 Å². The maximum Gasteiger partial charge on any atom is 0.273 e. The Balaban J connectivity index is 2.09. The molecule has 142 valence electrons. The summed E-state index contributed by atoms with van der Waals surface area (Å²) in [5, 5.41) is 14.9. The molecule has 0 aliphatic rings. The lowest BCUT2D eigenvalue weighted by Gasteiger charge is -2.12. The van der Waals surface area contributed by atoms with Gasteiger partial charge in [-0.2, -0.15) is 5.10 Å². The van der Waals surface area contributed by atoms with Gasteiger partial charge >= 0.3 is 0 Å². The van der Waals surface area contributed by atoms with Gasteiger partial charge in [0.2, 0.25) is 11.7 Å². The first-order valence-electron chi connectivity index (χ1n) is 7.84. The lowest BCUT2D eigenvalue weighted by Crippen LogP contribution is -2.20. The van der Waals surface area contributed by atoms with Crippen LogP contribution in [0.25, 0.3) is 0 Å². The van der Waals surface area contributed by atoms with Crippen molar-refractivity contribution in [3.63, 3.8) is 0 Å². The molecule has 9 nitrogen and oxygen atoms in total. The van der Waals surface area contributed by atoms with Gasteiger partial charge in [0.15, 0.2) is 11.5 Å². The summed E-state index contributed by atoms with van der Waals surface area (Å²) >= 11 is 0. The number of methoxy groups -OCH3 is 3. The lowest BCUT2D eigenvalue weighted by molar-refractivity contribution is -0.385. The third-order valence-corrected chi connectivity index (χ3v) is 3.63. The third kappa shape index (κ3) is 4.94. The molecule has 0 saturated carbocycles. The molecule has 0 spiro atoms. The third-order valence-electron chi connectivity index (χ3n) is 3.63. The van der Waals surface area contributed by atoms with Gasteiger partial charge in [-0.1, -0.05) is 18.2 Å². The van der Waals surface area contributed by atoms with E-state index in [1.54, 1.807) is 24.3 Å². The van der Waals surface area contributed by atoms with Crippen molar-refractivity contribution in [2.75, 3.05) is 21.3 Å². The fraction of sp³-hybridized carbons (Fsp3) is 0.222. The predicted octanol–water partition coefficient (Wildman–Crippen LogP) is 2.31. The van der Waals surface area contributed by atoms with E-state index in [9.17, 15) is 14.9 Å². The van der Waals surface area contributed by atoms with Crippen molar-refractivity contribution in [1.82, 2.24) is 5.43 Å². The first kappa shape index (κ1) is 19.7. The summed E-state index contributed by atoms with van der Waals surface area (Å²) in [6.45, 7) is 0. The zero-order valence-corrected chi connectivity index (χ0v) is 15.1. The second-order valence-corrected chi connectivity index (χ2v) is 5.31. The van der Waals surface area contributed by atoms with E-state index >= 15 is 0 Å². The Kier molecular flexibility index (Phi) is 6.70. The molecule has 0 aliphatic carbocycles. The van der Waals surface area contributed by atoms with Crippen molar-refractivity contribution in [2.45, 2.75) is 6.42 Å². The van der Waals surface area contributed by atoms with E-state index < -0.39 is 10.8 Å². The van der Waals surface area contributed by atoms with Gasteiger partial charge in [-0.3, -0.25) is 14.9 Å². The molecule has 0 aromatic heterocycles. The number of carbonyl (C=O) groups excluding carboxylic acids is 1. The molecule has 1 N–H and O–H groups in total. The van der Waals surface area contributed by atoms with E-state index in [0.717, 1.165) is 0 Å². The van der Waals surface area contributed by atoms with E-state index in [1.807, 2.05) is 0 Å². The van der Waals surface area contributed by atoms with Crippen LogP contribution in [0.2, 0.25) is 0 Å². The molecule has 2 rings (SSSR count). The number of benzene rings is 2. The van der Waals surface area contributed by atoms with Crippen molar-refractivity contribution >= 4 is 17.8 Å². The first-order valence-corrected chi connectivity index (χ1v) is 7.84. The fourth-order valence-corrected chi connectivity index (χ4v) is 2.41. The van der Waals surface area contributed by atoms with Crippen LogP contribution >= 0.6 is 0 Å². The largest absolute Gasteiger partial charge is 0.493 e. The second-order valence-electron chi connectivity index (χ2n) is 5.31. The van der Waals surface area contributed by atoms with Crippen LogP contribution in [0.15, 0.2) is 41.5 Å². The summed E-state index contributed by atoms with van der Waals surface area (Å²) in [6, 6.07) is 9.39. The van der Waals surface area contributed by atoms with E-state index in [4.69, 9.17) is 14.2 Å². The number of hydrogen-bond donors (Lipinski definition) is 1. The fourth-order valence-electron chi connectivity index (χ4n) is 2.41. The summed E-state index contributed by atoms with van der Waals surface area (Å²) in [4.78, 5) is 22.5. The predicted molar refractivity (Wildman–Crippen MR) is 98.6 cm³/mol. The minimum atomic E-state index is -0.526. The van der Waals surface area contributed by atoms with Gasteiger partial charge in [0.1, 0.15) is 0 Å². The Morgan fingerprint density at radius 2 is 1.78 bits per heavy atom. The van der Waals surface area contributed by atoms with E-state index in [1.165, 1.54) is 39.7 Å². The number of carbonyl (C=O) groups is 1. The average Bonchev–Trinajstić information content (AvgIpc) is 2.67. The average molecular weight is 373 g/mol. The van der Waals surface area contributed by atoms with Crippen LogP contribution in [0.3, 0.4) is 0 Å². The van der Waals surface area contributed by atoms with Gasteiger partial charge in [-0.25, -0.2) is 5.43 Å². The molecular weight excluding hydrogens is 354 g/mol. The number of amides is 1. The van der Waals surface area contributed by atoms with Crippen LogP contribution < -0.4 is 19.6 Å². The first-order chi connectivity index (χ1) is 13.0. The number of ether oxygens (including phenoxy) is 3. The molecule has 0 unspecified atom stereocenters. The maximum atomic E-state index is 12.0. The highest BCUT2D eigenvalue weighted by Crippen LogP contribution is 2.37. The van der Waals surface area contributed by atoms with Gasteiger partial charge in [-0.05, 0) is 12.1 Å². The smallest absolute Gasteiger partial charge is 0.273 e. The zero-order valence-electron chi connectivity index (χ0n) is 15.1. The highest BCUT2D eigenvalue weighted by Gasteiger charge is 2.15. The SMILES string of the molecule is COc1cc(/C=N/NC(=O)Cc2ccccc2[N+](=O)[O-])cc(OC)c1OC. The van der Waals surface area contributed by atoms with Crippen LogP contribution in [-0.2, 0) is 11.2 Å². The standard InChI is InChI=1S/C18H19N3O6/c1-25-15-8-12(9-16(26-2)18(15)27-3)11-19-20-17(22)10-13-6-4-5-7-14(13)21(23)24/h4-9,11H,10H2,1-3H3,(H,20,22)/b19-11+. The lowest BCUT2D eigenvalue weighted by atomic mass is 10.1. The van der Waals surface area contributed by atoms with Crippen LogP contribution in [0.5, 0.6) is 17.2 Å². The summed E-state index contributed by atoms with van der Waals surface area (Å²) in [5.74, 6) is 0.861. The van der Waals surface area contributed by atoms with Crippen LogP contribution in [0.1, 0.15) is 11.1 Å². The maximum absolute atomic E-state index is 12.0. The Bertz CT molecular complexity index is 841. The molecule has 0 atom stereocenters. The number of para-hydroxylation sites is 1. The molecule has 2 aromatic rings. The number of hydrazone groups is 1. The topological polar surface area (TPSA) is 112 Å². The van der Waals surface area contributed by atoms with Crippen LogP contribution in [0, 0.1) is 10.1 Å². The van der Waals surface area contributed by atoms with Crippen molar-refractivity contribution in [2.24, 2.45) is 5.10 Å². The Morgan fingerprint density at radius 3 is 2.33 bits per heavy atom. The molecule has 9 heteroatoms. The highest BCUT2D eigenvalue weighted by atomic mass is 16.6. The molecule has 1 amide bonds. The number of nitrogens with one attached hydrogen (secondary N) is 1. The number of hydrogen-bond acceptors (Lipinski definition) is 7. The van der Waals surface area contributed by atoms with Crippen molar-refractivity contribution in [1.29, 1.82) is 0 Å². The van der Waals surface area contributed by atoms with E-state index in [2.05, 4.69) is 10.5 Å². The Hall–Kier alpha value is -3.62. The highest BCUT2D eigenvalue weighted by molar-refractivity contribution is 5.85. The number of nitro benzene ring substituents is 1. The molecule has 0 heterocycles. The normalized spacial score (nSPS) is 10.5. The quantitative estimate of drug-likeness (QED) is 0.432. The van der Waals surface area contributed by atoms with Crippen molar-refractivity contribution < 1.29 is 23.9 Å². The Morgan fingerprint density at radius 1 is 1.15 bits per heavy atom. The molecule has 0 fully saturated rings. The minimum absolute atomic E-state index is 0.110. The van der Waals surface area contributed by atoms with Gasteiger partial charge in [-0.15, -0.1) is 0 Å². The summed E-state index contributed by atoms with van der Waals surface area (Å²) in [6.07, 6.45) is 1.24. The van der Waals surface area contributed by atoms with Crippen molar-refractivity contribution in [3.05, 3.63) is 57.6 Å². The monoisotopic (exact) mass is 373 g/mol. The molecule has 2 aromatic carbocycles. The second kappa shape index (κ2) is 9.18. The van der Waals surface area contributed by atoms with Gasteiger partial charge in [0, 0.05) is 17.2 Å². The molecule has 0 saturated heterocycles. The summed E-state index contributed by atoms with van der Waals surface area (Å²) < 4.78 is 15.7. The molecule has 0 bridgehead atoms. The van der Waals surface area contributed by atoms with Gasteiger partial charge in [0.05, 0.1) is 38.9 Å². The number of rotatable bonds is 8. The molecule has 27 heavy (non-hydrogen) atoms. The van der Waals surface area contributed by atoms with Gasteiger partial charge in [0.25, 0.3) is 5.69 Å².